The molecule has 0 atom stereocenters. The highest BCUT2D eigenvalue weighted by molar-refractivity contribution is 5.87. The van der Waals surface area contributed by atoms with E-state index in [0.717, 1.165) is 31.6 Å². The molecule has 5 nitrogen and oxygen atoms in total. The second kappa shape index (κ2) is 6.16. The van der Waals surface area contributed by atoms with Gasteiger partial charge in [0.05, 0.1) is 25.8 Å². The summed E-state index contributed by atoms with van der Waals surface area (Å²) in [5.41, 5.74) is 1.67. The third-order valence-electron chi connectivity index (χ3n) is 2.96. The number of hydrogen-bond acceptors (Lipinski definition) is 3. The van der Waals surface area contributed by atoms with Crippen LogP contribution in [0.2, 0.25) is 0 Å². The summed E-state index contributed by atoms with van der Waals surface area (Å²) in [5.74, 6) is 0. The fraction of sp³-hybridized carbons (Fsp3) is 0.385. The van der Waals surface area contributed by atoms with Crippen molar-refractivity contribution < 1.29 is 14.5 Å². The van der Waals surface area contributed by atoms with Crippen LogP contribution < -0.4 is 10.2 Å². The van der Waals surface area contributed by atoms with E-state index in [2.05, 4.69) is 17.5 Å². The number of para-hydroxylation sites is 1. The van der Waals surface area contributed by atoms with E-state index in [0.29, 0.717) is 5.69 Å². The molecule has 1 fully saturated rings. The van der Waals surface area contributed by atoms with E-state index in [-0.39, 0.29) is 0 Å². The number of nitrogens with zero attached hydrogens (tertiary/aromatic N) is 1. The molecule has 1 saturated heterocycles. The fourth-order valence-corrected chi connectivity index (χ4v) is 1.82. The highest BCUT2D eigenvalue weighted by atomic mass is 16.7. The Balaban J connectivity index is 1.80. The molecule has 0 saturated carbocycles. The Hall–Kier alpha value is -1.88. The van der Waals surface area contributed by atoms with Crippen molar-refractivity contribution >= 4 is 17.5 Å². The number of nitrogens with one attached hydrogen (secondary N) is 2. The first-order valence-electron chi connectivity index (χ1n) is 6.14. The van der Waals surface area contributed by atoms with E-state index in [1.807, 2.05) is 18.2 Å². The standard InChI is InChI=1S/C13H17N3O2/c1-16-9-7-12(8-10-16)15-18-13(17)14-11-5-3-2-4-6-11/h2-6H,7-10H2,1H3,(H,14,17)/p+1. The molecule has 2 rings (SSSR count). The minimum absolute atomic E-state index is 0.542. The maximum absolute atomic E-state index is 11.5. The highest BCUT2D eigenvalue weighted by Gasteiger charge is 2.15. The summed E-state index contributed by atoms with van der Waals surface area (Å²) in [7, 11) is 2.15. The predicted molar refractivity (Wildman–Crippen MR) is 69.8 cm³/mol. The summed E-state index contributed by atoms with van der Waals surface area (Å²) in [6, 6.07) is 9.18. The summed E-state index contributed by atoms with van der Waals surface area (Å²) in [6.45, 7) is 2.09. The van der Waals surface area contributed by atoms with E-state index in [1.54, 1.807) is 12.1 Å². The van der Waals surface area contributed by atoms with Gasteiger partial charge in [0.25, 0.3) is 0 Å². The van der Waals surface area contributed by atoms with Gasteiger partial charge >= 0.3 is 6.09 Å². The van der Waals surface area contributed by atoms with E-state index in [9.17, 15) is 4.79 Å². The van der Waals surface area contributed by atoms with Gasteiger partial charge < -0.3 is 4.90 Å². The average Bonchev–Trinajstić information content (AvgIpc) is 2.39. The maximum atomic E-state index is 11.5. The Morgan fingerprint density at radius 2 is 1.94 bits per heavy atom. The van der Waals surface area contributed by atoms with Crippen LogP contribution in [-0.2, 0) is 4.84 Å². The molecule has 5 heteroatoms. The normalized spacial score (nSPS) is 19.2. The molecule has 0 unspecified atom stereocenters. The van der Waals surface area contributed by atoms with Crippen LogP contribution in [0, 0.1) is 0 Å². The van der Waals surface area contributed by atoms with Crippen molar-refractivity contribution in [1.82, 2.24) is 0 Å². The number of amides is 1. The Morgan fingerprint density at radius 1 is 1.28 bits per heavy atom. The second-order valence-electron chi connectivity index (χ2n) is 4.48. The zero-order chi connectivity index (χ0) is 12.8. The number of anilines is 1. The molecule has 0 radical (unpaired) electrons. The van der Waals surface area contributed by atoms with Crippen molar-refractivity contribution in [3.8, 4) is 0 Å². The lowest BCUT2D eigenvalue weighted by molar-refractivity contribution is -0.880. The summed E-state index contributed by atoms with van der Waals surface area (Å²) < 4.78 is 0. The van der Waals surface area contributed by atoms with Crippen molar-refractivity contribution in [3.63, 3.8) is 0 Å². The third kappa shape index (κ3) is 3.85. The zero-order valence-electron chi connectivity index (χ0n) is 10.5. The van der Waals surface area contributed by atoms with Crippen LogP contribution in [0.5, 0.6) is 0 Å². The van der Waals surface area contributed by atoms with Gasteiger partial charge in [-0.3, -0.25) is 10.2 Å². The first-order valence-corrected chi connectivity index (χ1v) is 6.14. The van der Waals surface area contributed by atoms with Crippen molar-refractivity contribution in [2.24, 2.45) is 5.16 Å². The minimum atomic E-state index is -0.542. The molecule has 96 valence electrons. The molecule has 0 spiro atoms. The summed E-state index contributed by atoms with van der Waals surface area (Å²) >= 11 is 0. The first-order chi connectivity index (χ1) is 8.74. The first kappa shape index (κ1) is 12.6. The Kier molecular flexibility index (Phi) is 4.30. The van der Waals surface area contributed by atoms with E-state index in [1.165, 1.54) is 4.90 Å². The molecule has 1 aliphatic heterocycles. The monoisotopic (exact) mass is 248 g/mol. The largest absolute Gasteiger partial charge is 0.437 e. The summed E-state index contributed by atoms with van der Waals surface area (Å²) in [4.78, 5) is 17.8. The zero-order valence-corrected chi connectivity index (χ0v) is 10.5. The Morgan fingerprint density at radius 3 is 2.61 bits per heavy atom. The molecular weight excluding hydrogens is 230 g/mol. The maximum Gasteiger partial charge on any atom is 0.437 e. The molecule has 0 bridgehead atoms. The number of rotatable bonds is 2. The molecule has 1 aromatic carbocycles. The summed E-state index contributed by atoms with van der Waals surface area (Å²) in [5, 5.41) is 6.52. The number of carbonyl (C=O) groups is 1. The van der Waals surface area contributed by atoms with E-state index >= 15 is 0 Å². The number of likely N-dealkylation sites (tertiary alicyclic amines) is 1. The van der Waals surface area contributed by atoms with Gasteiger partial charge in [0.2, 0.25) is 0 Å². The molecule has 1 aromatic rings. The molecule has 2 N–H and O–H groups in total. The predicted octanol–water partition coefficient (Wildman–Crippen LogP) is 0.900. The number of oxime groups is 1. The van der Waals surface area contributed by atoms with Crippen LogP contribution in [0.3, 0.4) is 0 Å². The number of hydrogen-bond donors (Lipinski definition) is 2. The van der Waals surface area contributed by atoms with Crippen LogP contribution in [-0.4, -0.2) is 31.9 Å². The average molecular weight is 248 g/mol. The lowest BCUT2D eigenvalue weighted by Crippen LogP contribution is -3.10. The van der Waals surface area contributed by atoms with Gasteiger partial charge in [-0.05, 0) is 12.1 Å². The number of piperidine rings is 1. The molecule has 1 aliphatic rings. The van der Waals surface area contributed by atoms with Gasteiger partial charge in [0, 0.05) is 18.5 Å². The van der Waals surface area contributed by atoms with Gasteiger partial charge in [0.15, 0.2) is 0 Å². The number of quaternary nitrogens is 1. The van der Waals surface area contributed by atoms with E-state index < -0.39 is 6.09 Å². The molecule has 1 heterocycles. The smallest absolute Gasteiger partial charge is 0.337 e. The fourth-order valence-electron chi connectivity index (χ4n) is 1.82. The third-order valence-corrected chi connectivity index (χ3v) is 2.96. The number of carbonyl (C=O) groups excluding carboxylic acids is 1. The Labute approximate surface area is 106 Å². The molecule has 18 heavy (non-hydrogen) atoms. The molecule has 1 amide bonds. The van der Waals surface area contributed by atoms with Crippen LogP contribution >= 0.6 is 0 Å². The quantitative estimate of drug-likeness (QED) is 0.603. The molecule has 0 aromatic heterocycles. The van der Waals surface area contributed by atoms with Gasteiger partial charge in [-0.2, -0.15) is 0 Å². The van der Waals surface area contributed by atoms with Crippen LogP contribution in [0.1, 0.15) is 12.8 Å². The minimum Gasteiger partial charge on any atom is -0.337 e. The highest BCUT2D eigenvalue weighted by Crippen LogP contribution is 2.05. The van der Waals surface area contributed by atoms with Crippen molar-refractivity contribution in [2.45, 2.75) is 12.8 Å². The van der Waals surface area contributed by atoms with Gasteiger partial charge in [-0.1, -0.05) is 23.4 Å². The lowest BCUT2D eigenvalue weighted by atomic mass is 10.1. The SMILES string of the molecule is C[NH+]1CCC(=NOC(=O)Nc2ccccc2)CC1. The van der Waals surface area contributed by atoms with Crippen LogP contribution in [0.4, 0.5) is 10.5 Å². The van der Waals surface area contributed by atoms with Crippen molar-refractivity contribution in [1.29, 1.82) is 0 Å². The van der Waals surface area contributed by atoms with Gasteiger partial charge in [-0.25, -0.2) is 4.79 Å². The lowest BCUT2D eigenvalue weighted by Gasteiger charge is -2.19. The topological polar surface area (TPSA) is 55.1 Å². The Bertz CT molecular complexity index is 421. The van der Waals surface area contributed by atoms with Crippen LogP contribution in [0.15, 0.2) is 35.5 Å². The van der Waals surface area contributed by atoms with Gasteiger partial charge in [0.1, 0.15) is 0 Å². The molecular formula is C13H18N3O2+. The van der Waals surface area contributed by atoms with Crippen LogP contribution in [0.25, 0.3) is 0 Å². The second-order valence-corrected chi connectivity index (χ2v) is 4.48. The van der Waals surface area contributed by atoms with Crippen molar-refractivity contribution in [2.75, 3.05) is 25.5 Å². The number of benzene rings is 1. The van der Waals surface area contributed by atoms with Crippen molar-refractivity contribution in [3.05, 3.63) is 30.3 Å². The molecule has 0 aliphatic carbocycles. The van der Waals surface area contributed by atoms with Gasteiger partial charge in [-0.15, -0.1) is 0 Å². The van der Waals surface area contributed by atoms with E-state index in [4.69, 9.17) is 4.84 Å². The summed E-state index contributed by atoms with van der Waals surface area (Å²) in [6.07, 6.45) is 1.24.